The van der Waals surface area contributed by atoms with Crippen LogP contribution in [0.3, 0.4) is 0 Å². The third-order valence-electron chi connectivity index (χ3n) is 4.34. The molecule has 0 aliphatic rings. The number of likely N-dealkylation sites (N-methyl/N-ethyl adjacent to an activating group) is 1. The molecule has 0 unspecified atom stereocenters. The van der Waals surface area contributed by atoms with Crippen LogP contribution < -0.4 is 15.6 Å². The SMILES string of the molecule is CCNC(=O)C(C#N)=Cc1c(Oc2ccccc2C)nc2c(C)cccn2c1=O. The van der Waals surface area contributed by atoms with Gasteiger partial charge in [-0.1, -0.05) is 24.3 Å². The molecule has 0 fully saturated rings. The summed E-state index contributed by atoms with van der Waals surface area (Å²) in [4.78, 5) is 29.8. The van der Waals surface area contributed by atoms with Gasteiger partial charge in [0.15, 0.2) is 0 Å². The second-order valence-electron chi connectivity index (χ2n) is 6.42. The number of rotatable bonds is 5. The fourth-order valence-electron chi connectivity index (χ4n) is 2.82. The standard InChI is InChI=1S/C22H20N4O3/c1-4-24-20(27)16(13-23)12-17-21(29-18-10-6-5-8-14(18)2)25-19-15(3)9-7-11-26(19)22(17)28/h5-12H,4H2,1-3H3,(H,24,27). The first kappa shape index (κ1) is 19.8. The summed E-state index contributed by atoms with van der Waals surface area (Å²) in [5.41, 5.74) is 1.48. The number of carbonyl (C=O) groups excluding carboxylic acids is 1. The summed E-state index contributed by atoms with van der Waals surface area (Å²) in [6.45, 7) is 5.82. The predicted molar refractivity (Wildman–Crippen MR) is 110 cm³/mol. The van der Waals surface area contributed by atoms with E-state index >= 15 is 0 Å². The van der Waals surface area contributed by atoms with Crippen molar-refractivity contribution in [3.05, 3.63) is 75.2 Å². The fraction of sp³-hybridized carbons (Fsp3) is 0.182. The van der Waals surface area contributed by atoms with Crippen molar-refractivity contribution in [3.63, 3.8) is 0 Å². The van der Waals surface area contributed by atoms with Gasteiger partial charge in [-0.05, 0) is 50.1 Å². The summed E-state index contributed by atoms with van der Waals surface area (Å²) in [6, 6.07) is 12.7. The number of benzene rings is 1. The van der Waals surface area contributed by atoms with Crippen LogP contribution in [0.4, 0.5) is 0 Å². The molecule has 2 aromatic heterocycles. The van der Waals surface area contributed by atoms with Gasteiger partial charge < -0.3 is 10.1 Å². The Balaban J connectivity index is 2.27. The average molecular weight is 388 g/mol. The summed E-state index contributed by atoms with van der Waals surface area (Å²) in [5, 5.41) is 12.0. The van der Waals surface area contributed by atoms with Crippen LogP contribution in [0.15, 0.2) is 53.0 Å². The van der Waals surface area contributed by atoms with Crippen LogP contribution in [0.2, 0.25) is 0 Å². The second-order valence-corrected chi connectivity index (χ2v) is 6.42. The molecule has 29 heavy (non-hydrogen) atoms. The zero-order valence-electron chi connectivity index (χ0n) is 16.4. The van der Waals surface area contributed by atoms with Crippen molar-refractivity contribution in [3.8, 4) is 17.7 Å². The molecule has 0 bridgehead atoms. The second kappa shape index (κ2) is 8.40. The molecular weight excluding hydrogens is 368 g/mol. The lowest BCUT2D eigenvalue weighted by Crippen LogP contribution is -2.25. The van der Waals surface area contributed by atoms with E-state index in [1.807, 2.05) is 44.2 Å². The highest BCUT2D eigenvalue weighted by Gasteiger charge is 2.18. The summed E-state index contributed by atoms with van der Waals surface area (Å²) in [6.07, 6.45) is 2.81. The number of fused-ring (bicyclic) bond motifs is 1. The van der Waals surface area contributed by atoms with E-state index < -0.39 is 11.5 Å². The molecule has 3 aromatic rings. The normalized spacial score (nSPS) is 11.2. The van der Waals surface area contributed by atoms with E-state index in [0.29, 0.717) is 17.9 Å². The van der Waals surface area contributed by atoms with Crippen molar-refractivity contribution < 1.29 is 9.53 Å². The van der Waals surface area contributed by atoms with Gasteiger partial charge in [0.1, 0.15) is 28.6 Å². The molecule has 1 aromatic carbocycles. The lowest BCUT2D eigenvalue weighted by molar-refractivity contribution is -0.116. The maximum absolute atomic E-state index is 13.2. The minimum atomic E-state index is -0.564. The predicted octanol–water partition coefficient (Wildman–Crippen LogP) is 3.15. The van der Waals surface area contributed by atoms with Gasteiger partial charge in [-0.2, -0.15) is 10.2 Å². The van der Waals surface area contributed by atoms with Crippen LogP contribution >= 0.6 is 0 Å². The summed E-state index contributed by atoms with van der Waals surface area (Å²) < 4.78 is 7.33. The van der Waals surface area contributed by atoms with Crippen LogP contribution in [0, 0.1) is 25.2 Å². The Kier molecular flexibility index (Phi) is 5.74. The molecule has 1 amide bonds. The summed E-state index contributed by atoms with van der Waals surface area (Å²) >= 11 is 0. The number of hydrogen-bond acceptors (Lipinski definition) is 5. The van der Waals surface area contributed by atoms with E-state index in [9.17, 15) is 14.9 Å². The van der Waals surface area contributed by atoms with E-state index in [0.717, 1.165) is 11.1 Å². The van der Waals surface area contributed by atoms with Crippen molar-refractivity contribution in [2.24, 2.45) is 0 Å². The highest BCUT2D eigenvalue weighted by molar-refractivity contribution is 6.01. The number of nitrogens with one attached hydrogen (secondary N) is 1. The molecule has 0 radical (unpaired) electrons. The monoisotopic (exact) mass is 388 g/mol. The summed E-state index contributed by atoms with van der Waals surface area (Å²) in [7, 11) is 0. The Morgan fingerprint density at radius 2 is 1.97 bits per heavy atom. The maximum Gasteiger partial charge on any atom is 0.269 e. The van der Waals surface area contributed by atoms with Gasteiger partial charge in [-0.25, -0.2) is 0 Å². The molecule has 0 saturated heterocycles. The van der Waals surface area contributed by atoms with Crippen molar-refractivity contribution in [2.75, 3.05) is 6.54 Å². The Labute approximate surface area is 167 Å². The first-order chi connectivity index (χ1) is 14.0. The van der Waals surface area contributed by atoms with Crippen LogP contribution in [0.1, 0.15) is 23.6 Å². The molecular formula is C22H20N4O3. The minimum absolute atomic E-state index is 0.0270. The first-order valence-electron chi connectivity index (χ1n) is 9.11. The molecule has 0 atom stereocenters. The number of aryl methyl sites for hydroxylation is 2. The number of nitriles is 1. The number of ether oxygens (including phenoxy) is 1. The lowest BCUT2D eigenvalue weighted by atomic mass is 10.1. The molecule has 3 rings (SSSR count). The quantitative estimate of drug-likeness (QED) is 0.535. The third-order valence-corrected chi connectivity index (χ3v) is 4.34. The lowest BCUT2D eigenvalue weighted by Gasteiger charge is -2.12. The van der Waals surface area contributed by atoms with Gasteiger partial charge in [0.25, 0.3) is 11.5 Å². The van der Waals surface area contributed by atoms with Gasteiger partial charge in [0.05, 0.1) is 0 Å². The van der Waals surface area contributed by atoms with E-state index in [1.54, 1.807) is 25.3 Å². The molecule has 7 nitrogen and oxygen atoms in total. The van der Waals surface area contributed by atoms with Crippen LogP contribution in [-0.4, -0.2) is 21.8 Å². The van der Waals surface area contributed by atoms with Gasteiger partial charge >= 0.3 is 0 Å². The first-order valence-corrected chi connectivity index (χ1v) is 9.11. The molecule has 2 heterocycles. The molecule has 1 N–H and O–H groups in total. The highest BCUT2D eigenvalue weighted by atomic mass is 16.5. The van der Waals surface area contributed by atoms with Crippen LogP contribution in [-0.2, 0) is 4.79 Å². The Morgan fingerprint density at radius 3 is 2.66 bits per heavy atom. The van der Waals surface area contributed by atoms with Crippen molar-refractivity contribution in [1.82, 2.24) is 14.7 Å². The number of carbonyl (C=O) groups is 1. The van der Waals surface area contributed by atoms with Gasteiger partial charge in [-0.3, -0.25) is 14.0 Å². The maximum atomic E-state index is 13.2. The van der Waals surface area contributed by atoms with E-state index in [2.05, 4.69) is 10.3 Å². The average Bonchev–Trinajstić information content (AvgIpc) is 2.70. The molecule has 0 aliphatic carbocycles. The van der Waals surface area contributed by atoms with Crippen LogP contribution in [0.25, 0.3) is 11.7 Å². The Morgan fingerprint density at radius 1 is 1.24 bits per heavy atom. The number of amides is 1. The van der Waals surface area contributed by atoms with Crippen molar-refractivity contribution in [1.29, 1.82) is 5.26 Å². The van der Waals surface area contributed by atoms with Crippen molar-refractivity contribution >= 4 is 17.6 Å². The van der Waals surface area contributed by atoms with Gasteiger partial charge in [0.2, 0.25) is 5.88 Å². The van der Waals surface area contributed by atoms with E-state index in [-0.39, 0.29) is 17.0 Å². The van der Waals surface area contributed by atoms with Crippen LogP contribution in [0.5, 0.6) is 11.6 Å². The number of nitrogens with zero attached hydrogens (tertiary/aromatic N) is 3. The minimum Gasteiger partial charge on any atom is -0.438 e. The summed E-state index contributed by atoms with van der Waals surface area (Å²) in [5.74, 6) is 0.00438. The number of aromatic nitrogens is 2. The van der Waals surface area contributed by atoms with Crippen molar-refractivity contribution in [2.45, 2.75) is 20.8 Å². The number of para-hydroxylation sites is 1. The fourth-order valence-corrected chi connectivity index (χ4v) is 2.82. The third kappa shape index (κ3) is 4.01. The highest BCUT2D eigenvalue weighted by Crippen LogP contribution is 2.27. The van der Waals surface area contributed by atoms with E-state index in [4.69, 9.17) is 4.74 Å². The smallest absolute Gasteiger partial charge is 0.269 e. The largest absolute Gasteiger partial charge is 0.438 e. The zero-order chi connectivity index (χ0) is 21.0. The topological polar surface area (TPSA) is 96.5 Å². The Hall–Kier alpha value is -3.92. The van der Waals surface area contributed by atoms with Gasteiger partial charge in [0, 0.05) is 12.7 Å². The molecule has 0 saturated carbocycles. The molecule has 7 heteroatoms. The zero-order valence-corrected chi connectivity index (χ0v) is 16.4. The molecule has 0 aliphatic heterocycles. The van der Waals surface area contributed by atoms with Gasteiger partial charge in [-0.15, -0.1) is 0 Å². The van der Waals surface area contributed by atoms with E-state index in [1.165, 1.54) is 10.5 Å². The number of hydrogen-bond donors (Lipinski definition) is 1. The molecule has 0 spiro atoms. The molecule has 146 valence electrons. The Bertz CT molecular complexity index is 1220. The number of pyridine rings is 1.